The molecule has 30 heavy (non-hydrogen) atoms. The zero-order valence-corrected chi connectivity index (χ0v) is 17.3. The van der Waals surface area contributed by atoms with Gasteiger partial charge in [-0.2, -0.15) is 0 Å². The third-order valence-electron chi connectivity index (χ3n) is 4.86. The minimum Gasteiger partial charge on any atom is -0.445 e. The second kappa shape index (κ2) is 7.77. The van der Waals surface area contributed by atoms with Crippen molar-refractivity contribution in [1.29, 1.82) is 0 Å². The molecule has 4 aromatic rings. The fraction of sp³-hybridized carbons (Fsp3) is 0.143. The molecule has 0 bridgehead atoms. The van der Waals surface area contributed by atoms with Crippen LogP contribution >= 0.6 is 0 Å². The van der Waals surface area contributed by atoms with E-state index in [0.717, 1.165) is 15.4 Å². The Morgan fingerprint density at radius 2 is 1.73 bits per heavy atom. The van der Waals surface area contributed by atoms with Crippen molar-refractivity contribution in [3.05, 3.63) is 72.2 Å². The molecule has 0 aliphatic carbocycles. The number of oxazole rings is 1. The molecule has 0 fully saturated rings. The van der Waals surface area contributed by atoms with Crippen LogP contribution in [-0.4, -0.2) is 25.2 Å². The van der Waals surface area contributed by atoms with E-state index in [1.165, 1.54) is 6.26 Å². The van der Waals surface area contributed by atoms with Crippen LogP contribution in [0.25, 0.3) is 22.6 Å². The van der Waals surface area contributed by atoms with Crippen LogP contribution in [0.3, 0.4) is 0 Å². The van der Waals surface area contributed by atoms with E-state index in [1.807, 2.05) is 24.3 Å². The van der Waals surface area contributed by atoms with Crippen molar-refractivity contribution in [2.45, 2.75) is 18.7 Å². The highest BCUT2D eigenvalue weighted by atomic mass is 32.2. The number of anilines is 1. The zero-order valence-electron chi connectivity index (χ0n) is 16.4. The first-order valence-electron chi connectivity index (χ1n) is 9.18. The average molecular weight is 424 g/mol. The van der Waals surface area contributed by atoms with E-state index in [9.17, 15) is 8.42 Å². The van der Waals surface area contributed by atoms with E-state index < -0.39 is 10.0 Å². The van der Waals surface area contributed by atoms with Crippen LogP contribution in [-0.2, 0) is 10.0 Å². The van der Waals surface area contributed by atoms with Crippen LogP contribution in [0, 0.1) is 13.8 Å². The number of hydrogen-bond donors (Lipinski definition) is 1. The van der Waals surface area contributed by atoms with Crippen molar-refractivity contribution in [1.82, 2.24) is 10.1 Å². The van der Waals surface area contributed by atoms with Crippen molar-refractivity contribution in [2.75, 3.05) is 11.0 Å². The Bertz CT molecular complexity index is 1260. The highest BCUT2D eigenvalue weighted by Crippen LogP contribution is 2.34. The summed E-state index contributed by atoms with van der Waals surface area (Å²) in [7, 11) is -4.00. The molecule has 2 aromatic carbocycles. The highest BCUT2D eigenvalue weighted by Gasteiger charge is 2.31. The lowest BCUT2D eigenvalue weighted by Crippen LogP contribution is -2.36. The standard InChI is InChI=1S/C21H20N4O4S/c1-14-15(2)24-29-21(14)25(13-22)30(26,27)19-6-4-3-5-18(19)16-7-9-17(10-8-16)20-23-11-12-28-20/h3-12H,13,22H2,1-2H3. The number of hydrogen-bond acceptors (Lipinski definition) is 7. The van der Waals surface area contributed by atoms with Crippen LogP contribution < -0.4 is 10.0 Å². The summed E-state index contributed by atoms with van der Waals surface area (Å²) in [4.78, 5) is 4.24. The maximum absolute atomic E-state index is 13.5. The van der Waals surface area contributed by atoms with E-state index in [1.54, 1.807) is 44.3 Å². The molecular formula is C21H20N4O4S. The van der Waals surface area contributed by atoms with Crippen LogP contribution in [0.2, 0.25) is 0 Å². The number of aromatic nitrogens is 2. The Kier molecular flexibility index (Phi) is 5.15. The van der Waals surface area contributed by atoms with Gasteiger partial charge in [-0.25, -0.2) is 17.7 Å². The minimum absolute atomic E-state index is 0.115. The van der Waals surface area contributed by atoms with Crippen LogP contribution in [0.4, 0.5) is 5.88 Å². The normalized spacial score (nSPS) is 11.6. The molecule has 0 saturated heterocycles. The summed E-state index contributed by atoms with van der Waals surface area (Å²) in [6.45, 7) is 3.20. The average Bonchev–Trinajstić information content (AvgIpc) is 3.41. The third kappa shape index (κ3) is 3.38. The van der Waals surface area contributed by atoms with Crippen LogP contribution in [0.5, 0.6) is 0 Å². The van der Waals surface area contributed by atoms with Gasteiger partial charge in [-0.3, -0.25) is 0 Å². The summed E-state index contributed by atoms with van der Waals surface area (Å²) >= 11 is 0. The summed E-state index contributed by atoms with van der Waals surface area (Å²) < 4.78 is 38.6. The van der Waals surface area contributed by atoms with Crippen molar-refractivity contribution in [2.24, 2.45) is 5.73 Å². The van der Waals surface area contributed by atoms with Gasteiger partial charge < -0.3 is 14.7 Å². The summed E-state index contributed by atoms with van der Waals surface area (Å²) in [5.41, 5.74) is 9.10. The molecule has 0 atom stereocenters. The molecule has 0 aliphatic rings. The molecular weight excluding hydrogens is 404 g/mol. The van der Waals surface area contributed by atoms with Gasteiger partial charge >= 0.3 is 0 Å². The summed E-state index contributed by atoms with van der Waals surface area (Å²) in [5, 5.41) is 3.86. The topological polar surface area (TPSA) is 115 Å². The second-order valence-electron chi connectivity index (χ2n) is 6.65. The monoisotopic (exact) mass is 424 g/mol. The van der Waals surface area contributed by atoms with Gasteiger partial charge in [0, 0.05) is 16.7 Å². The number of nitrogens with two attached hydrogens (primary N) is 1. The Morgan fingerprint density at radius 1 is 1.03 bits per heavy atom. The molecule has 2 N–H and O–H groups in total. The molecule has 4 rings (SSSR count). The molecule has 0 aliphatic heterocycles. The maximum Gasteiger partial charge on any atom is 0.268 e. The van der Waals surface area contributed by atoms with Crippen molar-refractivity contribution >= 4 is 15.9 Å². The fourth-order valence-corrected chi connectivity index (χ4v) is 4.67. The predicted molar refractivity (Wildman–Crippen MR) is 112 cm³/mol. The van der Waals surface area contributed by atoms with Crippen molar-refractivity contribution in [3.8, 4) is 22.6 Å². The van der Waals surface area contributed by atoms with E-state index >= 15 is 0 Å². The minimum atomic E-state index is -4.00. The molecule has 154 valence electrons. The smallest absolute Gasteiger partial charge is 0.268 e. The largest absolute Gasteiger partial charge is 0.445 e. The third-order valence-corrected chi connectivity index (χ3v) is 6.66. The SMILES string of the molecule is Cc1noc(N(CN)S(=O)(=O)c2ccccc2-c2ccc(-c3ncco3)cc2)c1C. The van der Waals surface area contributed by atoms with E-state index in [2.05, 4.69) is 10.1 Å². The number of sulfonamides is 1. The van der Waals surface area contributed by atoms with Crippen molar-refractivity contribution < 1.29 is 17.4 Å². The van der Waals surface area contributed by atoms with Gasteiger partial charge in [0.05, 0.1) is 23.5 Å². The van der Waals surface area contributed by atoms with Gasteiger partial charge in [0.1, 0.15) is 6.26 Å². The lowest BCUT2D eigenvalue weighted by atomic mass is 10.0. The summed E-state index contributed by atoms with van der Waals surface area (Å²) in [6, 6.07) is 14.1. The van der Waals surface area contributed by atoms with Gasteiger partial charge in [0.2, 0.25) is 11.8 Å². The Morgan fingerprint density at radius 3 is 2.33 bits per heavy atom. The molecule has 9 heteroatoms. The predicted octanol–water partition coefficient (Wildman–Crippen LogP) is 3.72. The first kappa shape index (κ1) is 19.9. The maximum atomic E-state index is 13.5. The number of benzene rings is 2. The number of nitrogens with zero attached hydrogens (tertiary/aromatic N) is 3. The Labute approximate surface area is 174 Å². The lowest BCUT2D eigenvalue weighted by molar-refractivity contribution is 0.419. The van der Waals surface area contributed by atoms with E-state index in [4.69, 9.17) is 14.7 Å². The quantitative estimate of drug-likeness (QED) is 0.469. The van der Waals surface area contributed by atoms with Gasteiger partial charge in [0.15, 0.2) is 0 Å². The Balaban J connectivity index is 1.78. The fourth-order valence-electron chi connectivity index (χ4n) is 3.13. The molecule has 2 aromatic heterocycles. The molecule has 2 heterocycles. The van der Waals surface area contributed by atoms with Gasteiger partial charge in [-0.05, 0) is 37.6 Å². The molecule has 0 spiro atoms. The molecule has 0 amide bonds. The molecule has 0 radical (unpaired) electrons. The first-order chi connectivity index (χ1) is 14.4. The molecule has 0 unspecified atom stereocenters. The summed E-state index contributed by atoms with van der Waals surface area (Å²) in [6.07, 6.45) is 3.07. The van der Waals surface area contributed by atoms with E-state index in [0.29, 0.717) is 22.7 Å². The van der Waals surface area contributed by atoms with Crippen molar-refractivity contribution in [3.63, 3.8) is 0 Å². The van der Waals surface area contributed by atoms with Crippen LogP contribution in [0.15, 0.2) is 74.8 Å². The highest BCUT2D eigenvalue weighted by molar-refractivity contribution is 7.93. The molecule has 0 saturated carbocycles. The van der Waals surface area contributed by atoms with Gasteiger partial charge in [-0.1, -0.05) is 35.5 Å². The van der Waals surface area contributed by atoms with Gasteiger partial charge in [0.25, 0.3) is 10.0 Å². The lowest BCUT2D eigenvalue weighted by Gasteiger charge is -2.21. The zero-order chi connectivity index (χ0) is 21.3. The molecule has 8 nitrogen and oxygen atoms in total. The van der Waals surface area contributed by atoms with E-state index in [-0.39, 0.29) is 17.4 Å². The Hall–Kier alpha value is -3.43. The first-order valence-corrected chi connectivity index (χ1v) is 10.6. The van der Waals surface area contributed by atoms with Gasteiger partial charge in [-0.15, -0.1) is 0 Å². The number of rotatable bonds is 6. The van der Waals surface area contributed by atoms with Crippen LogP contribution in [0.1, 0.15) is 11.3 Å². The summed E-state index contributed by atoms with van der Waals surface area (Å²) in [5.74, 6) is 0.608. The second-order valence-corrected chi connectivity index (χ2v) is 8.48. The number of aryl methyl sites for hydroxylation is 1.